The van der Waals surface area contributed by atoms with Crippen molar-refractivity contribution in [1.29, 1.82) is 0 Å². The van der Waals surface area contributed by atoms with Crippen molar-refractivity contribution in [3.63, 3.8) is 0 Å². The Kier molecular flexibility index (Phi) is 7.23. The van der Waals surface area contributed by atoms with Crippen LogP contribution >= 0.6 is 11.3 Å². The highest BCUT2D eigenvalue weighted by Gasteiger charge is 2.11. The van der Waals surface area contributed by atoms with Crippen molar-refractivity contribution in [1.82, 2.24) is 10.6 Å². The number of ether oxygens (including phenoxy) is 1. The van der Waals surface area contributed by atoms with Crippen LogP contribution in [0.2, 0.25) is 0 Å². The van der Waals surface area contributed by atoms with Crippen LogP contribution < -0.4 is 20.5 Å². The maximum absolute atomic E-state index is 11.3. The minimum atomic E-state index is -3.64. The number of sulfonamides is 1. The van der Waals surface area contributed by atoms with Gasteiger partial charge in [0.1, 0.15) is 9.96 Å². The topological polar surface area (TPSA) is 106 Å². The van der Waals surface area contributed by atoms with Crippen LogP contribution in [0.3, 0.4) is 0 Å². The van der Waals surface area contributed by atoms with Crippen molar-refractivity contribution in [3.05, 3.63) is 47.3 Å². The SMILES string of the molecule is CN=C(NCCCOc1ccccc1)NCc1ccc(S(N)(=O)=O)s1. The minimum absolute atomic E-state index is 0.158. The number of thiophene rings is 1. The second-order valence-corrected chi connectivity index (χ2v) is 8.09. The molecule has 7 nitrogen and oxygen atoms in total. The van der Waals surface area contributed by atoms with E-state index in [0.717, 1.165) is 28.4 Å². The third kappa shape index (κ3) is 6.73. The fraction of sp³-hybridized carbons (Fsp3) is 0.312. The molecule has 0 saturated carbocycles. The van der Waals surface area contributed by atoms with E-state index >= 15 is 0 Å². The molecule has 2 rings (SSSR count). The number of nitrogens with one attached hydrogen (secondary N) is 2. The third-order valence-electron chi connectivity index (χ3n) is 3.20. The average molecular weight is 383 g/mol. The van der Waals surface area contributed by atoms with E-state index in [1.165, 1.54) is 6.07 Å². The molecule has 1 heterocycles. The second-order valence-electron chi connectivity index (χ2n) is 5.13. The van der Waals surface area contributed by atoms with Gasteiger partial charge in [0.05, 0.1) is 13.2 Å². The van der Waals surface area contributed by atoms with E-state index in [1.54, 1.807) is 13.1 Å². The average Bonchev–Trinajstić information content (AvgIpc) is 3.07. The molecule has 0 unspecified atom stereocenters. The lowest BCUT2D eigenvalue weighted by Crippen LogP contribution is -2.37. The van der Waals surface area contributed by atoms with Crippen molar-refractivity contribution in [3.8, 4) is 5.75 Å². The number of aliphatic imine (C=N–C) groups is 1. The zero-order chi connectivity index (χ0) is 18.1. The van der Waals surface area contributed by atoms with Gasteiger partial charge in [-0.05, 0) is 30.7 Å². The van der Waals surface area contributed by atoms with E-state index in [1.807, 2.05) is 30.3 Å². The summed E-state index contributed by atoms with van der Waals surface area (Å²) in [5, 5.41) is 11.4. The van der Waals surface area contributed by atoms with Gasteiger partial charge < -0.3 is 15.4 Å². The molecule has 2 aromatic rings. The lowest BCUT2D eigenvalue weighted by Gasteiger charge is -2.11. The third-order valence-corrected chi connectivity index (χ3v) is 5.72. The summed E-state index contributed by atoms with van der Waals surface area (Å²) >= 11 is 1.14. The first-order chi connectivity index (χ1) is 12.0. The Morgan fingerprint density at radius 2 is 1.96 bits per heavy atom. The van der Waals surface area contributed by atoms with Crippen LogP contribution in [0.4, 0.5) is 0 Å². The van der Waals surface area contributed by atoms with Gasteiger partial charge in [0.25, 0.3) is 0 Å². The quantitative estimate of drug-likeness (QED) is 0.365. The minimum Gasteiger partial charge on any atom is -0.494 e. The number of primary sulfonamides is 1. The van der Waals surface area contributed by atoms with E-state index in [2.05, 4.69) is 15.6 Å². The number of benzene rings is 1. The van der Waals surface area contributed by atoms with E-state index in [4.69, 9.17) is 9.88 Å². The monoisotopic (exact) mass is 382 g/mol. The Labute approximate surface area is 152 Å². The molecule has 0 aliphatic carbocycles. The van der Waals surface area contributed by atoms with E-state index in [9.17, 15) is 8.42 Å². The fourth-order valence-electron chi connectivity index (χ4n) is 1.98. The van der Waals surface area contributed by atoms with Crippen LogP contribution in [0.25, 0.3) is 0 Å². The number of guanidine groups is 1. The lowest BCUT2D eigenvalue weighted by atomic mass is 10.3. The van der Waals surface area contributed by atoms with Crippen LogP contribution in [0.15, 0.2) is 51.7 Å². The van der Waals surface area contributed by atoms with Gasteiger partial charge in [-0.2, -0.15) is 0 Å². The Morgan fingerprint density at radius 3 is 2.60 bits per heavy atom. The van der Waals surface area contributed by atoms with Gasteiger partial charge in [-0.3, -0.25) is 4.99 Å². The summed E-state index contributed by atoms with van der Waals surface area (Å²) in [5.74, 6) is 1.50. The highest BCUT2D eigenvalue weighted by Crippen LogP contribution is 2.19. The van der Waals surface area contributed by atoms with Gasteiger partial charge >= 0.3 is 0 Å². The van der Waals surface area contributed by atoms with Gasteiger partial charge in [0.2, 0.25) is 10.0 Å². The molecule has 0 amide bonds. The van der Waals surface area contributed by atoms with Crippen LogP contribution in [-0.4, -0.2) is 34.6 Å². The molecule has 9 heteroatoms. The normalized spacial score (nSPS) is 12.0. The van der Waals surface area contributed by atoms with Crippen LogP contribution in [0, 0.1) is 0 Å². The Morgan fingerprint density at radius 1 is 1.20 bits per heavy atom. The largest absolute Gasteiger partial charge is 0.494 e. The van der Waals surface area contributed by atoms with Crippen molar-refractivity contribution in [2.75, 3.05) is 20.2 Å². The smallest absolute Gasteiger partial charge is 0.247 e. The van der Waals surface area contributed by atoms with Gasteiger partial charge in [-0.15, -0.1) is 11.3 Å². The fourth-order valence-corrected chi connectivity index (χ4v) is 3.70. The highest BCUT2D eigenvalue weighted by molar-refractivity contribution is 7.91. The van der Waals surface area contributed by atoms with Gasteiger partial charge in [-0.25, -0.2) is 13.6 Å². The predicted octanol–water partition coefficient (Wildman–Crippen LogP) is 1.53. The molecular formula is C16H22N4O3S2. The molecule has 136 valence electrons. The molecule has 0 aliphatic heterocycles. The molecule has 0 aliphatic rings. The van der Waals surface area contributed by atoms with Crippen LogP contribution in [-0.2, 0) is 16.6 Å². The first-order valence-corrected chi connectivity index (χ1v) is 10.1. The van der Waals surface area contributed by atoms with Crippen molar-refractivity contribution in [2.24, 2.45) is 10.1 Å². The molecule has 1 aromatic heterocycles. The molecule has 0 atom stereocenters. The van der Waals surface area contributed by atoms with Crippen LogP contribution in [0.5, 0.6) is 5.75 Å². The maximum atomic E-state index is 11.3. The van der Waals surface area contributed by atoms with Gasteiger partial charge in [0, 0.05) is 18.5 Å². The summed E-state index contributed by atoms with van der Waals surface area (Å²) in [6.07, 6.45) is 0.824. The molecule has 1 aromatic carbocycles. The van der Waals surface area contributed by atoms with E-state index in [0.29, 0.717) is 25.7 Å². The predicted molar refractivity (Wildman–Crippen MR) is 100 cm³/mol. The summed E-state index contributed by atoms with van der Waals surface area (Å²) in [5.41, 5.74) is 0. The van der Waals surface area contributed by atoms with Crippen molar-refractivity contribution >= 4 is 27.3 Å². The molecule has 0 saturated heterocycles. The summed E-state index contributed by atoms with van der Waals surface area (Å²) < 4.78 is 28.3. The first kappa shape index (κ1) is 19.2. The maximum Gasteiger partial charge on any atom is 0.247 e. The second kappa shape index (κ2) is 9.40. The molecule has 0 radical (unpaired) electrons. The molecule has 4 N–H and O–H groups in total. The number of rotatable bonds is 8. The number of para-hydroxylation sites is 1. The number of hydrogen-bond acceptors (Lipinski definition) is 5. The summed E-state index contributed by atoms with van der Waals surface area (Å²) in [6.45, 7) is 1.79. The zero-order valence-electron chi connectivity index (χ0n) is 13.9. The summed E-state index contributed by atoms with van der Waals surface area (Å²) in [7, 11) is -1.96. The number of hydrogen-bond donors (Lipinski definition) is 3. The van der Waals surface area contributed by atoms with Gasteiger partial charge in [0.15, 0.2) is 5.96 Å². The Bertz CT molecular complexity index is 789. The lowest BCUT2D eigenvalue weighted by molar-refractivity contribution is 0.311. The molecule has 25 heavy (non-hydrogen) atoms. The molecular weight excluding hydrogens is 360 g/mol. The molecule has 0 fully saturated rings. The van der Waals surface area contributed by atoms with Crippen molar-refractivity contribution in [2.45, 2.75) is 17.2 Å². The summed E-state index contributed by atoms with van der Waals surface area (Å²) in [4.78, 5) is 4.99. The highest BCUT2D eigenvalue weighted by atomic mass is 32.2. The van der Waals surface area contributed by atoms with E-state index in [-0.39, 0.29) is 4.21 Å². The van der Waals surface area contributed by atoms with Crippen molar-refractivity contribution < 1.29 is 13.2 Å². The zero-order valence-corrected chi connectivity index (χ0v) is 15.6. The van der Waals surface area contributed by atoms with E-state index < -0.39 is 10.0 Å². The standard InChI is InChI=1S/C16H22N4O3S2/c1-18-16(19-10-5-11-23-13-6-3-2-4-7-13)20-12-14-8-9-15(24-14)25(17,21)22/h2-4,6-9H,5,10-12H2,1H3,(H2,17,21,22)(H2,18,19,20). The summed E-state index contributed by atoms with van der Waals surface area (Å²) in [6, 6.07) is 12.9. The number of nitrogens with zero attached hydrogens (tertiary/aromatic N) is 1. The van der Waals surface area contributed by atoms with Crippen LogP contribution in [0.1, 0.15) is 11.3 Å². The number of nitrogens with two attached hydrogens (primary N) is 1. The Hall–Kier alpha value is -2.10. The molecule has 0 spiro atoms. The first-order valence-electron chi connectivity index (χ1n) is 7.73. The molecule has 0 bridgehead atoms. The Balaban J connectivity index is 1.68. The van der Waals surface area contributed by atoms with Gasteiger partial charge in [-0.1, -0.05) is 18.2 Å².